The van der Waals surface area contributed by atoms with E-state index in [0.29, 0.717) is 10.7 Å². The van der Waals surface area contributed by atoms with Crippen LogP contribution in [0.4, 0.5) is 0 Å². The lowest BCUT2D eigenvalue weighted by atomic mass is 10.1. The van der Waals surface area contributed by atoms with Crippen molar-refractivity contribution in [2.24, 2.45) is 0 Å². The first-order valence-corrected chi connectivity index (χ1v) is 7.28. The Morgan fingerprint density at radius 3 is 2.43 bits per heavy atom. The number of benzene rings is 1. The van der Waals surface area contributed by atoms with E-state index in [1.807, 2.05) is 51.1 Å². The number of aromatic nitrogens is 1. The summed E-state index contributed by atoms with van der Waals surface area (Å²) in [7, 11) is 0. The minimum atomic E-state index is -0.391. The lowest BCUT2D eigenvalue weighted by Crippen LogP contribution is -2.10. The molecule has 1 aromatic carbocycles. The fraction of sp³-hybridized carbons (Fsp3) is 0.294. The maximum atomic E-state index is 12.2. The molecule has 0 aliphatic heterocycles. The zero-order valence-electron chi connectivity index (χ0n) is 12.3. The highest BCUT2D eigenvalue weighted by atomic mass is 35.5. The smallest absolute Gasteiger partial charge is 0.338 e. The van der Waals surface area contributed by atoms with Gasteiger partial charge in [-0.3, -0.25) is 0 Å². The summed E-state index contributed by atoms with van der Waals surface area (Å²) in [6.45, 7) is 5.85. The largest absolute Gasteiger partial charge is 0.454 e. The van der Waals surface area contributed by atoms with Crippen molar-refractivity contribution in [1.29, 1.82) is 0 Å². The van der Waals surface area contributed by atoms with Crippen molar-refractivity contribution in [3.05, 3.63) is 64.4 Å². The lowest BCUT2D eigenvalue weighted by molar-refractivity contribution is 0.0337. The Balaban J connectivity index is 2.17. The fourth-order valence-corrected chi connectivity index (χ4v) is 2.17. The van der Waals surface area contributed by atoms with E-state index in [1.54, 1.807) is 6.07 Å². The molecule has 0 bridgehead atoms. The fourth-order valence-electron chi connectivity index (χ4n) is 1.95. The second-order valence-corrected chi connectivity index (χ2v) is 5.60. The van der Waals surface area contributed by atoms with Gasteiger partial charge in [0.2, 0.25) is 0 Å². The molecule has 0 fully saturated rings. The summed E-state index contributed by atoms with van der Waals surface area (Å²) in [5.74, 6) is -0.195. The van der Waals surface area contributed by atoms with E-state index in [1.165, 1.54) is 6.07 Å². The van der Waals surface area contributed by atoms with Gasteiger partial charge in [-0.1, -0.05) is 55.8 Å². The van der Waals surface area contributed by atoms with E-state index in [0.717, 1.165) is 11.3 Å². The van der Waals surface area contributed by atoms with Crippen LogP contribution in [0.25, 0.3) is 0 Å². The average Bonchev–Trinajstić information content (AvgIpc) is 2.47. The average molecular weight is 304 g/mol. The first kappa shape index (κ1) is 15.5. The minimum absolute atomic E-state index is 0.196. The molecule has 1 aromatic heterocycles. The Morgan fingerprint density at radius 1 is 1.14 bits per heavy atom. The predicted molar refractivity (Wildman–Crippen MR) is 83.6 cm³/mol. The molecule has 0 saturated heterocycles. The minimum Gasteiger partial charge on any atom is -0.454 e. The Morgan fingerprint density at radius 2 is 1.81 bits per heavy atom. The van der Waals surface area contributed by atoms with Gasteiger partial charge in [-0.2, -0.15) is 0 Å². The van der Waals surface area contributed by atoms with Crippen molar-refractivity contribution >= 4 is 17.6 Å². The second-order valence-electron chi connectivity index (χ2n) is 5.22. The third kappa shape index (κ3) is 4.05. The van der Waals surface area contributed by atoms with Crippen molar-refractivity contribution in [2.75, 3.05) is 0 Å². The molecule has 1 heterocycles. The number of rotatable bonds is 4. The molecule has 0 aliphatic rings. The molecule has 4 heteroatoms. The Kier molecular flexibility index (Phi) is 4.97. The molecule has 0 N–H and O–H groups in total. The van der Waals surface area contributed by atoms with Crippen LogP contribution in [0.1, 0.15) is 54.4 Å². The van der Waals surface area contributed by atoms with E-state index in [4.69, 9.17) is 16.3 Å². The van der Waals surface area contributed by atoms with Crippen molar-refractivity contribution in [2.45, 2.75) is 32.8 Å². The molecule has 3 nitrogen and oxygen atoms in total. The van der Waals surface area contributed by atoms with E-state index < -0.39 is 5.97 Å². The second kappa shape index (κ2) is 6.72. The third-order valence-corrected chi connectivity index (χ3v) is 3.39. The van der Waals surface area contributed by atoms with Gasteiger partial charge in [0.15, 0.2) is 0 Å². The summed E-state index contributed by atoms with van der Waals surface area (Å²) >= 11 is 5.97. The molecule has 0 radical (unpaired) electrons. The molecule has 2 rings (SSSR count). The molecule has 110 valence electrons. The van der Waals surface area contributed by atoms with Gasteiger partial charge < -0.3 is 4.74 Å². The van der Waals surface area contributed by atoms with Crippen LogP contribution in [-0.4, -0.2) is 11.0 Å². The van der Waals surface area contributed by atoms with Crippen molar-refractivity contribution in [3.63, 3.8) is 0 Å². The number of halogens is 1. The SMILES string of the molecule is CC(C)c1cc(C(=O)OC(C)c2ccccc2)cc(Cl)n1. The topological polar surface area (TPSA) is 39.2 Å². The van der Waals surface area contributed by atoms with Gasteiger partial charge >= 0.3 is 5.97 Å². The van der Waals surface area contributed by atoms with Crippen LogP contribution in [0.15, 0.2) is 42.5 Å². The quantitative estimate of drug-likeness (QED) is 0.603. The molecule has 1 unspecified atom stereocenters. The zero-order chi connectivity index (χ0) is 15.4. The molecular weight excluding hydrogens is 286 g/mol. The molecule has 21 heavy (non-hydrogen) atoms. The number of hydrogen-bond donors (Lipinski definition) is 0. The van der Waals surface area contributed by atoms with Crippen LogP contribution in [0.2, 0.25) is 5.15 Å². The highest BCUT2D eigenvalue weighted by Crippen LogP contribution is 2.21. The van der Waals surface area contributed by atoms with Gasteiger partial charge in [-0.25, -0.2) is 9.78 Å². The first-order valence-electron chi connectivity index (χ1n) is 6.90. The first-order chi connectivity index (χ1) is 9.97. The number of carbonyl (C=O) groups is 1. The van der Waals surface area contributed by atoms with Crippen molar-refractivity contribution < 1.29 is 9.53 Å². The number of esters is 1. The predicted octanol–water partition coefficient (Wildman–Crippen LogP) is 4.78. The molecule has 0 spiro atoms. The van der Waals surface area contributed by atoms with Crippen LogP contribution >= 0.6 is 11.6 Å². The number of ether oxygens (including phenoxy) is 1. The van der Waals surface area contributed by atoms with E-state index in [2.05, 4.69) is 4.98 Å². The summed E-state index contributed by atoms with van der Waals surface area (Å²) in [4.78, 5) is 16.5. The van der Waals surface area contributed by atoms with Crippen LogP contribution in [0.3, 0.4) is 0 Å². The van der Waals surface area contributed by atoms with Crippen LogP contribution in [-0.2, 0) is 4.74 Å². The highest BCUT2D eigenvalue weighted by Gasteiger charge is 2.16. The third-order valence-electron chi connectivity index (χ3n) is 3.19. The lowest BCUT2D eigenvalue weighted by Gasteiger charge is -2.14. The van der Waals surface area contributed by atoms with Crippen LogP contribution in [0.5, 0.6) is 0 Å². The summed E-state index contributed by atoms with van der Waals surface area (Å²) in [6.07, 6.45) is -0.312. The Labute approximate surface area is 129 Å². The molecule has 1 atom stereocenters. The maximum Gasteiger partial charge on any atom is 0.338 e. The van der Waals surface area contributed by atoms with Crippen LogP contribution < -0.4 is 0 Å². The van der Waals surface area contributed by atoms with E-state index >= 15 is 0 Å². The van der Waals surface area contributed by atoms with Crippen molar-refractivity contribution in [3.8, 4) is 0 Å². The van der Waals surface area contributed by atoms with Crippen molar-refractivity contribution in [1.82, 2.24) is 4.98 Å². The van der Waals surface area contributed by atoms with E-state index in [9.17, 15) is 4.79 Å². The van der Waals surface area contributed by atoms with Gasteiger partial charge in [0.05, 0.1) is 5.56 Å². The summed E-state index contributed by atoms with van der Waals surface area (Å²) in [5, 5.41) is 0.306. The van der Waals surface area contributed by atoms with Gasteiger partial charge in [-0.05, 0) is 30.5 Å². The summed E-state index contributed by atoms with van der Waals surface area (Å²) in [5.41, 5.74) is 2.17. The molecule has 0 amide bonds. The zero-order valence-corrected chi connectivity index (χ0v) is 13.1. The monoisotopic (exact) mass is 303 g/mol. The van der Waals surface area contributed by atoms with Gasteiger partial charge in [0.1, 0.15) is 11.3 Å². The maximum absolute atomic E-state index is 12.2. The number of carbonyl (C=O) groups excluding carboxylic acids is 1. The van der Waals surface area contributed by atoms with Gasteiger partial charge in [0, 0.05) is 5.69 Å². The van der Waals surface area contributed by atoms with Gasteiger partial charge in [-0.15, -0.1) is 0 Å². The molecule has 0 aliphatic carbocycles. The number of nitrogens with zero attached hydrogens (tertiary/aromatic N) is 1. The molecule has 2 aromatic rings. The summed E-state index contributed by atoms with van der Waals surface area (Å²) < 4.78 is 5.49. The number of hydrogen-bond acceptors (Lipinski definition) is 3. The molecule has 0 saturated carbocycles. The summed E-state index contributed by atoms with van der Waals surface area (Å²) in [6, 6.07) is 12.9. The Hall–Kier alpha value is -1.87. The number of pyridine rings is 1. The van der Waals surface area contributed by atoms with Crippen LogP contribution in [0, 0.1) is 0 Å². The molecular formula is C17H18ClNO2. The highest BCUT2D eigenvalue weighted by molar-refractivity contribution is 6.29. The Bertz CT molecular complexity index is 626. The van der Waals surface area contributed by atoms with E-state index in [-0.39, 0.29) is 12.0 Å². The van der Waals surface area contributed by atoms with Gasteiger partial charge in [0.25, 0.3) is 0 Å². The normalized spacial score (nSPS) is 12.2. The standard InChI is InChI=1S/C17H18ClNO2/c1-11(2)15-9-14(10-16(18)19-15)17(20)21-12(3)13-7-5-4-6-8-13/h4-12H,1-3H3.